The zero-order valence-electron chi connectivity index (χ0n) is 15.9. The second-order valence-electron chi connectivity index (χ2n) is 9.49. The maximum Gasteiger partial charge on any atom is 0.312 e. The number of aryl methyl sites for hydroxylation is 1. The third-order valence-corrected chi connectivity index (χ3v) is 7.51. The summed E-state index contributed by atoms with van der Waals surface area (Å²) in [4.78, 5) is 25.4. The molecule has 0 radical (unpaired) electrons. The predicted octanol–water partition coefficient (Wildman–Crippen LogP) is 3.94. The molecule has 1 aromatic rings. The first-order valence-corrected chi connectivity index (χ1v) is 10.7. The van der Waals surface area contributed by atoms with Gasteiger partial charge in [0.15, 0.2) is 6.61 Å². The van der Waals surface area contributed by atoms with E-state index in [9.17, 15) is 9.59 Å². The normalized spacial score (nSPS) is 36.1. The summed E-state index contributed by atoms with van der Waals surface area (Å²) >= 11 is 0. The molecule has 6 rings (SSSR count). The van der Waals surface area contributed by atoms with Gasteiger partial charge in [-0.15, -0.1) is 0 Å². The summed E-state index contributed by atoms with van der Waals surface area (Å²) in [5, 5.41) is 3.09. The summed E-state index contributed by atoms with van der Waals surface area (Å²) in [5.74, 6) is 1.83. The molecule has 0 aromatic heterocycles. The highest BCUT2D eigenvalue weighted by Gasteiger charge is 2.55. The fraction of sp³-hybridized carbons (Fsp3) is 0.652. The molecule has 0 unspecified atom stereocenters. The third kappa shape index (κ3) is 3.17. The Labute approximate surface area is 161 Å². The van der Waals surface area contributed by atoms with Gasteiger partial charge in [-0.1, -0.05) is 24.3 Å². The van der Waals surface area contributed by atoms with Crippen LogP contribution < -0.4 is 5.32 Å². The van der Waals surface area contributed by atoms with Crippen molar-refractivity contribution >= 4 is 11.9 Å². The number of benzene rings is 1. The van der Waals surface area contributed by atoms with Crippen molar-refractivity contribution in [3.05, 3.63) is 35.4 Å². The van der Waals surface area contributed by atoms with Crippen molar-refractivity contribution in [1.29, 1.82) is 0 Å². The van der Waals surface area contributed by atoms with Gasteiger partial charge in [-0.05, 0) is 86.7 Å². The van der Waals surface area contributed by atoms with E-state index in [1.807, 2.05) is 6.07 Å². The van der Waals surface area contributed by atoms with E-state index in [4.69, 9.17) is 4.74 Å². The molecule has 5 aliphatic carbocycles. The standard InChI is InChI=1S/C23H29NO3/c25-21(24-20-7-3-5-18-4-1-2-6-19(18)20)14-27-22(26)23-11-15-8-16(12-23)10-17(9-15)13-23/h1-2,4,6,15-17,20H,3,5,7-14H2,(H,24,25)/t15?,16?,17?,20-,23?/m0/s1. The van der Waals surface area contributed by atoms with Crippen LogP contribution in [0.15, 0.2) is 24.3 Å². The van der Waals surface area contributed by atoms with Crippen molar-refractivity contribution in [3.8, 4) is 0 Å². The number of ether oxygens (including phenoxy) is 1. The van der Waals surface area contributed by atoms with Gasteiger partial charge in [0.05, 0.1) is 11.5 Å². The lowest BCUT2D eigenvalue weighted by Gasteiger charge is -2.55. The molecule has 144 valence electrons. The maximum absolute atomic E-state index is 12.9. The van der Waals surface area contributed by atoms with Gasteiger partial charge in [0.2, 0.25) is 0 Å². The maximum atomic E-state index is 12.9. The smallest absolute Gasteiger partial charge is 0.312 e. The summed E-state index contributed by atoms with van der Waals surface area (Å²) in [5.41, 5.74) is 2.25. The molecule has 27 heavy (non-hydrogen) atoms. The van der Waals surface area contributed by atoms with Crippen molar-refractivity contribution in [3.63, 3.8) is 0 Å². The highest BCUT2D eigenvalue weighted by atomic mass is 16.5. The van der Waals surface area contributed by atoms with E-state index in [-0.39, 0.29) is 29.9 Å². The van der Waals surface area contributed by atoms with Crippen LogP contribution in [0.3, 0.4) is 0 Å². The topological polar surface area (TPSA) is 55.4 Å². The molecular weight excluding hydrogens is 338 g/mol. The molecule has 1 atom stereocenters. The summed E-state index contributed by atoms with van der Waals surface area (Å²) in [7, 11) is 0. The van der Waals surface area contributed by atoms with Crippen molar-refractivity contribution in [2.75, 3.05) is 6.61 Å². The molecular formula is C23H29NO3. The molecule has 4 bridgehead atoms. The van der Waals surface area contributed by atoms with Gasteiger partial charge >= 0.3 is 5.97 Å². The second-order valence-corrected chi connectivity index (χ2v) is 9.49. The van der Waals surface area contributed by atoms with Gasteiger partial charge in [0, 0.05) is 0 Å². The number of carbonyl (C=O) groups is 2. The molecule has 4 heteroatoms. The minimum absolute atomic E-state index is 0.0423. The van der Waals surface area contributed by atoms with Crippen LogP contribution in [0.1, 0.15) is 68.5 Å². The molecule has 4 saturated carbocycles. The molecule has 0 spiro atoms. The van der Waals surface area contributed by atoms with E-state index in [1.165, 1.54) is 30.4 Å². The van der Waals surface area contributed by atoms with Crippen molar-refractivity contribution in [2.24, 2.45) is 23.2 Å². The number of hydrogen-bond donors (Lipinski definition) is 1. The zero-order chi connectivity index (χ0) is 18.4. The van der Waals surface area contributed by atoms with Crippen LogP contribution in [-0.4, -0.2) is 18.5 Å². The van der Waals surface area contributed by atoms with Crippen LogP contribution in [0.4, 0.5) is 0 Å². The molecule has 0 aliphatic heterocycles. The first-order chi connectivity index (χ1) is 13.1. The van der Waals surface area contributed by atoms with Crippen molar-refractivity contribution in [1.82, 2.24) is 5.32 Å². The lowest BCUT2D eigenvalue weighted by atomic mass is 9.49. The summed E-state index contributed by atoms with van der Waals surface area (Å²) < 4.78 is 5.57. The SMILES string of the molecule is O=C(COC(=O)C12CC3CC(CC(C3)C1)C2)N[C@H]1CCCc2ccccc21. The van der Waals surface area contributed by atoms with Gasteiger partial charge < -0.3 is 10.1 Å². The average Bonchev–Trinajstić information content (AvgIpc) is 2.65. The third-order valence-electron chi connectivity index (χ3n) is 7.51. The Kier molecular flexibility index (Phi) is 4.25. The van der Waals surface area contributed by atoms with E-state index >= 15 is 0 Å². The Balaban J connectivity index is 1.19. The Morgan fingerprint density at radius 3 is 2.41 bits per heavy atom. The van der Waals surface area contributed by atoms with Crippen LogP contribution in [0, 0.1) is 23.2 Å². The molecule has 4 fully saturated rings. The first kappa shape index (κ1) is 17.3. The first-order valence-electron chi connectivity index (χ1n) is 10.7. The molecule has 1 aromatic carbocycles. The number of esters is 1. The van der Waals surface area contributed by atoms with Gasteiger partial charge in [-0.2, -0.15) is 0 Å². The van der Waals surface area contributed by atoms with E-state index in [0.29, 0.717) is 17.8 Å². The molecule has 1 amide bonds. The highest BCUT2D eigenvalue weighted by molar-refractivity contribution is 5.83. The number of rotatable bonds is 4. The van der Waals surface area contributed by atoms with E-state index < -0.39 is 0 Å². The number of fused-ring (bicyclic) bond motifs is 1. The van der Waals surface area contributed by atoms with Gasteiger partial charge in [0.25, 0.3) is 5.91 Å². The van der Waals surface area contributed by atoms with Gasteiger partial charge in [0.1, 0.15) is 0 Å². The molecule has 5 aliphatic rings. The Hall–Kier alpha value is -1.84. The fourth-order valence-corrected chi connectivity index (χ4v) is 6.78. The predicted molar refractivity (Wildman–Crippen MR) is 102 cm³/mol. The van der Waals surface area contributed by atoms with Gasteiger partial charge in [-0.3, -0.25) is 9.59 Å². The second kappa shape index (κ2) is 6.65. The van der Waals surface area contributed by atoms with Crippen LogP contribution in [0.5, 0.6) is 0 Å². The largest absolute Gasteiger partial charge is 0.455 e. The number of nitrogens with one attached hydrogen (secondary N) is 1. The van der Waals surface area contributed by atoms with Gasteiger partial charge in [-0.25, -0.2) is 0 Å². The zero-order valence-corrected chi connectivity index (χ0v) is 15.9. The number of amides is 1. The Morgan fingerprint density at radius 1 is 1.04 bits per heavy atom. The van der Waals surface area contributed by atoms with Crippen LogP contribution in [0.2, 0.25) is 0 Å². The summed E-state index contributed by atoms with van der Waals surface area (Å²) in [6.45, 7) is -0.140. The average molecular weight is 367 g/mol. The van der Waals surface area contributed by atoms with Crippen LogP contribution in [0.25, 0.3) is 0 Å². The lowest BCUT2D eigenvalue weighted by Crippen LogP contribution is -2.51. The van der Waals surface area contributed by atoms with Crippen molar-refractivity contribution < 1.29 is 14.3 Å². The quantitative estimate of drug-likeness (QED) is 0.820. The number of hydrogen-bond acceptors (Lipinski definition) is 3. The van der Waals surface area contributed by atoms with Crippen molar-refractivity contribution in [2.45, 2.75) is 63.8 Å². The minimum Gasteiger partial charge on any atom is -0.455 e. The minimum atomic E-state index is -0.285. The molecule has 0 saturated heterocycles. The monoisotopic (exact) mass is 367 g/mol. The van der Waals surface area contributed by atoms with E-state index in [2.05, 4.69) is 23.5 Å². The lowest BCUT2D eigenvalue weighted by molar-refractivity contribution is -0.173. The summed E-state index contributed by atoms with van der Waals surface area (Å²) in [6.07, 6.45) is 9.95. The summed E-state index contributed by atoms with van der Waals surface area (Å²) in [6, 6.07) is 8.36. The van der Waals surface area contributed by atoms with Crippen LogP contribution >= 0.6 is 0 Å². The number of carbonyl (C=O) groups excluding carboxylic acids is 2. The fourth-order valence-electron chi connectivity index (χ4n) is 6.78. The van der Waals surface area contributed by atoms with E-state index in [0.717, 1.165) is 38.5 Å². The molecule has 4 nitrogen and oxygen atoms in total. The van der Waals surface area contributed by atoms with E-state index in [1.54, 1.807) is 0 Å². The Morgan fingerprint density at radius 2 is 1.70 bits per heavy atom. The molecule has 0 heterocycles. The Bertz CT molecular complexity index is 720. The molecule has 1 N–H and O–H groups in total. The van der Waals surface area contributed by atoms with Crippen LogP contribution in [-0.2, 0) is 20.7 Å². The highest BCUT2D eigenvalue weighted by Crippen LogP contribution is 2.60.